The van der Waals surface area contributed by atoms with Crippen molar-refractivity contribution in [2.24, 2.45) is 7.05 Å². The zero-order valence-electron chi connectivity index (χ0n) is 14.5. The molecule has 0 atom stereocenters. The Morgan fingerprint density at radius 2 is 2.15 bits per heavy atom. The number of thiocarbonyl (C=S) groups is 1. The molecule has 1 saturated heterocycles. The van der Waals surface area contributed by atoms with Crippen molar-refractivity contribution in [1.82, 2.24) is 14.5 Å². The highest BCUT2D eigenvalue weighted by Crippen LogP contribution is 2.21. The molecule has 138 valence electrons. The first-order valence-electron chi connectivity index (χ1n) is 8.36. The van der Waals surface area contributed by atoms with E-state index in [1.807, 2.05) is 11.6 Å². The minimum atomic E-state index is -0.0535. The number of hydrogen-bond donors (Lipinski definition) is 0. The van der Waals surface area contributed by atoms with Crippen molar-refractivity contribution in [3.63, 3.8) is 0 Å². The van der Waals surface area contributed by atoms with Crippen LogP contribution in [0.15, 0.2) is 35.6 Å². The predicted octanol–water partition coefficient (Wildman–Crippen LogP) is 3.45. The van der Waals surface area contributed by atoms with Crippen LogP contribution < -0.4 is 0 Å². The highest BCUT2D eigenvalue weighted by molar-refractivity contribution is 7.99. The van der Waals surface area contributed by atoms with Crippen molar-refractivity contribution in [3.05, 3.63) is 46.7 Å². The Morgan fingerprint density at radius 1 is 1.38 bits per heavy atom. The van der Waals surface area contributed by atoms with Gasteiger partial charge in [0.2, 0.25) is 5.78 Å². The molecule has 0 amide bonds. The van der Waals surface area contributed by atoms with Crippen LogP contribution in [0.2, 0.25) is 5.02 Å². The molecule has 0 N–H and O–H groups in total. The molecule has 1 fully saturated rings. The van der Waals surface area contributed by atoms with Gasteiger partial charge in [-0.15, -0.1) is 0 Å². The number of carbonyl (C=O) groups is 1. The molecule has 0 aliphatic carbocycles. The molecule has 8 heteroatoms. The minimum Gasteiger partial charge on any atom is -0.372 e. The predicted molar refractivity (Wildman–Crippen MR) is 108 cm³/mol. The van der Waals surface area contributed by atoms with Crippen LogP contribution in [-0.4, -0.2) is 57.3 Å². The average molecular weight is 410 g/mol. The number of ether oxygens (including phenoxy) is 1. The third-order valence-corrected chi connectivity index (χ3v) is 5.93. The number of ketones is 1. The molecule has 1 aliphatic heterocycles. The summed E-state index contributed by atoms with van der Waals surface area (Å²) in [5.41, 5.74) is 1.18. The topological polar surface area (TPSA) is 47.4 Å². The summed E-state index contributed by atoms with van der Waals surface area (Å²) in [5.74, 6) is 0.863. The van der Waals surface area contributed by atoms with Crippen molar-refractivity contribution in [1.29, 1.82) is 0 Å². The van der Waals surface area contributed by atoms with Crippen molar-refractivity contribution in [2.75, 3.05) is 32.1 Å². The summed E-state index contributed by atoms with van der Waals surface area (Å²) < 4.78 is 7.18. The fraction of sp³-hybridized carbons (Fsp3) is 0.389. The quantitative estimate of drug-likeness (QED) is 0.302. The monoisotopic (exact) mass is 409 g/mol. The summed E-state index contributed by atoms with van der Waals surface area (Å²) in [6.45, 7) is 3.09. The van der Waals surface area contributed by atoms with E-state index in [0.29, 0.717) is 22.9 Å². The van der Waals surface area contributed by atoms with Gasteiger partial charge in [0.25, 0.3) is 0 Å². The van der Waals surface area contributed by atoms with E-state index in [9.17, 15) is 4.79 Å². The zero-order valence-corrected chi connectivity index (χ0v) is 16.9. The lowest BCUT2D eigenvalue weighted by atomic mass is 10.1. The number of rotatable bonds is 7. The van der Waals surface area contributed by atoms with E-state index >= 15 is 0 Å². The van der Waals surface area contributed by atoms with Gasteiger partial charge in [-0.2, -0.15) is 0 Å². The lowest BCUT2D eigenvalue weighted by molar-refractivity contribution is 0.103. The third-order valence-electron chi connectivity index (χ3n) is 4.17. The Balaban J connectivity index is 1.54. The maximum atomic E-state index is 12.6. The van der Waals surface area contributed by atoms with Crippen LogP contribution in [0, 0.1) is 0 Å². The van der Waals surface area contributed by atoms with Crippen molar-refractivity contribution in [3.8, 4) is 0 Å². The molecular formula is C18H20ClN3O2S2. The third kappa shape index (κ3) is 4.65. The first kappa shape index (κ1) is 19.4. The van der Waals surface area contributed by atoms with Crippen LogP contribution in [0.1, 0.15) is 22.5 Å². The fourth-order valence-electron chi connectivity index (χ4n) is 2.69. The summed E-state index contributed by atoms with van der Waals surface area (Å²) in [6, 6.07) is 6.90. The average Bonchev–Trinajstić information content (AvgIpc) is 3.01. The van der Waals surface area contributed by atoms with E-state index in [2.05, 4.69) is 9.88 Å². The Kier molecular flexibility index (Phi) is 6.69. The Bertz CT molecular complexity index is 792. The molecule has 0 spiro atoms. The number of morpholine rings is 1. The second-order valence-corrected chi connectivity index (χ2v) is 7.93. The zero-order chi connectivity index (χ0) is 18.5. The second kappa shape index (κ2) is 8.99. The van der Waals surface area contributed by atoms with Crippen LogP contribution in [0.4, 0.5) is 0 Å². The molecule has 0 radical (unpaired) electrons. The number of thioether (sulfide) groups is 1. The second-order valence-electron chi connectivity index (χ2n) is 5.96. The normalized spacial score (nSPS) is 14.7. The van der Waals surface area contributed by atoms with E-state index < -0.39 is 0 Å². The smallest absolute Gasteiger partial charge is 0.211 e. The van der Waals surface area contributed by atoms with Crippen molar-refractivity contribution >= 4 is 46.4 Å². The van der Waals surface area contributed by atoms with Gasteiger partial charge in [0.05, 0.1) is 19.4 Å². The van der Waals surface area contributed by atoms with Gasteiger partial charge in [0.15, 0.2) is 5.16 Å². The molecule has 0 saturated carbocycles. The van der Waals surface area contributed by atoms with Gasteiger partial charge in [-0.3, -0.25) is 4.79 Å². The molecule has 2 heterocycles. The number of hydrogen-bond acceptors (Lipinski definition) is 5. The van der Waals surface area contributed by atoms with Crippen molar-refractivity contribution in [2.45, 2.75) is 11.6 Å². The van der Waals surface area contributed by atoms with Crippen LogP contribution >= 0.6 is 35.6 Å². The summed E-state index contributed by atoms with van der Waals surface area (Å²) >= 11 is 12.8. The highest BCUT2D eigenvalue weighted by Gasteiger charge is 2.17. The van der Waals surface area contributed by atoms with Gasteiger partial charge in [-0.1, -0.05) is 35.6 Å². The van der Waals surface area contributed by atoms with Crippen LogP contribution in [0.3, 0.4) is 0 Å². The van der Waals surface area contributed by atoms with Gasteiger partial charge in [-0.25, -0.2) is 4.98 Å². The molecule has 26 heavy (non-hydrogen) atoms. The molecule has 1 aliphatic rings. The Morgan fingerprint density at radius 3 is 2.88 bits per heavy atom. The van der Waals surface area contributed by atoms with Gasteiger partial charge in [0, 0.05) is 36.5 Å². The fourth-order valence-corrected chi connectivity index (χ4v) is 3.96. The molecule has 0 bridgehead atoms. The summed E-state index contributed by atoms with van der Waals surface area (Å²) in [7, 11) is 1.87. The number of imidazole rings is 1. The summed E-state index contributed by atoms with van der Waals surface area (Å²) in [5, 5.41) is 1.45. The van der Waals surface area contributed by atoms with Gasteiger partial charge in [-0.05, 0) is 30.7 Å². The Labute approximate surface area is 167 Å². The maximum Gasteiger partial charge on any atom is 0.211 e. The number of nitrogens with zero attached hydrogens (tertiary/aromatic N) is 3. The van der Waals surface area contributed by atoms with Crippen molar-refractivity contribution < 1.29 is 9.53 Å². The Hall–Kier alpha value is -1.41. The molecule has 3 rings (SSSR count). The summed E-state index contributed by atoms with van der Waals surface area (Å²) in [6.07, 6.45) is 2.63. The van der Waals surface area contributed by atoms with Gasteiger partial charge in [0.1, 0.15) is 10.7 Å². The standard InChI is InChI=1S/C18H20ClN3O2S2/c1-21-15(17(23)13-3-5-14(19)6-4-13)11-20-18(21)26-10-2-7-22-8-9-24-12-16(22)25/h3-6,11H,2,7-10,12H2,1H3. The largest absolute Gasteiger partial charge is 0.372 e. The highest BCUT2D eigenvalue weighted by atomic mass is 35.5. The van der Waals surface area contributed by atoms with Crippen LogP contribution in [0.5, 0.6) is 0 Å². The van der Waals surface area contributed by atoms with E-state index in [0.717, 1.165) is 42.0 Å². The number of halogens is 1. The van der Waals surface area contributed by atoms with E-state index in [1.165, 1.54) is 0 Å². The molecule has 1 aromatic carbocycles. The number of aromatic nitrogens is 2. The maximum absolute atomic E-state index is 12.6. The molecule has 5 nitrogen and oxygen atoms in total. The van der Waals surface area contributed by atoms with Crippen LogP contribution in [-0.2, 0) is 11.8 Å². The molecule has 2 aromatic rings. The molecule has 1 aromatic heterocycles. The van der Waals surface area contributed by atoms with E-state index in [4.69, 9.17) is 28.6 Å². The SMILES string of the molecule is Cn1c(C(=O)c2ccc(Cl)cc2)cnc1SCCCN1CCOCC1=S. The van der Waals surface area contributed by atoms with E-state index in [1.54, 1.807) is 42.2 Å². The number of benzene rings is 1. The van der Waals surface area contributed by atoms with Gasteiger partial charge < -0.3 is 14.2 Å². The van der Waals surface area contributed by atoms with Crippen LogP contribution in [0.25, 0.3) is 0 Å². The number of carbonyl (C=O) groups excluding carboxylic acids is 1. The van der Waals surface area contributed by atoms with Gasteiger partial charge >= 0.3 is 0 Å². The minimum absolute atomic E-state index is 0.0535. The first-order chi connectivity index (χ1) is 12.6. The lowest BCUT2D eigenvalue weighted by Crippen LogP contribution is -2.41. The first-order valence-corrected chi connectivity index (χ1v) is 10.1. The van der Waals surface area contributed by atoms with E-state index in [-0.39, 0.29) is 5.78 Å². The molecular weight excluding hydrogens is 390 g/mol. The summed E-state index contributed by atoms with van der Waals surface area (Å²) in [4.78, 5) is 20.1. The lowest BCUT2D eigenvalue weighted by Gasteiger charge is -2.29. The molecule has 0 unspecified atom stereocenters.